The zero-order valence-electron chi connectivity index (χ0n) is 10.7. The van der Waals surface area contributed by atoms with E-state index in [2.05, 4.69) is 14.9 Å². The molecular formula is C13H9F3N2O3. The highest BCUT2D eigenvalue weighted by Gasteiger charge is 2.42. The van der Waals surface area contributed by atoms with Crippen molar-refractivity contribution >= 4 is 27.8 Å². The van der Waals surface area contributed by atoms with Crippen molar-refractivity contribution in [1.82, 2.24) is 10.2 Å². The zero-order valence-corrected chi connectivity index (χ0v) is 10.7. The molecule has 3 aromatic rings. The number of ether oxygens (including phenoxy) is 1. The maximum atomic E-state index is 13.3. The Bertz CT molecular complexity index is 832. The Labute approximate surface area is 115 Å². The van der Waals surface area contributed by atoms with Gasteiger partial charge in [-0.2, -0.15) is 18.3 Å². The predicted octanol–water partition coefficient (Wildman–Crippen LogP) is 3.50. The topological polar surface area (TPSA) is 68.1 Å². The van der Waals surface area contributed by atoms with E-state index in [0.717, 1.165) is 0 Å². The second-order valence-electron chi connectivity index (χ2n) is 4.30. The Balaban J connectivity index is 2.40. The van der Waals surface area contributed by atoms with Crippen LogP contribution in [0.1, 0.15) is 23.0 Å². The summed E-state index contributed by atoms with van der Waals surface area (Å²) in [5.74, 6) is -1.99. The lowest BCUT2D eigenvalue weighted by molar-refractivity contribution is -0.137. The Morgan fingerprint density at radius 2 is 2.19 bits per heavy atom. The van der Waals surface area contributed by atoms with Crippen molar-refractivity contribution in [2.75, 3.05) is 6.61 Å². The monoisotopic (exact) mass is 298 g/mol. The minimum atomic E-state index is -4.76. The molecule has 0 radical (unpaired) electrons. The molecule has 0 aliphatic rings. The third-order valence-electron chi connectivity index (χ3n) is 3.01. The number of carbonyl (C=O) groups is 1. The molecule has 2 heterocycles. The Morgan fingerprint density at radius 1 is 1.43 bits per heavy atom. The SMILES string of the molecule is CCOC(=O)c1oc2ccc3cn[nH]c3c2c1C(F)(F)F. The van der Waals surface area contributed by atoms with Gasteiger partial charge >= 0.3 is 12.1 Å². The molecule has 110 valence electrons. The highest BCUT2D eigenvalue weighted by atomic mass is 19.4. The van der Waals surface area contributed by atoms with E-state index in [4.69, 9.17) is 4.42 Å². The first-order valence-corrected chi connectivity index (χ1v) is 6.06. The number of hydrogen-bond acceptors (Lipinski definition) is 4. The van der Waals surface area contributed by atoms with Gasteiger partial charge in [0, 0.05) is 5.39 Å². The number of nitrogens with one attached hydrogen (secondary N) is 1. The molecular weight excluding hydrogens is 289 g/mol. The number of esters is 1. The second kappa shape index (κ2) is 4.51. The number of hydrogen-bond donors (Lipinski definition) is 1. The fourth-order valence-electron chi connectivity index (χ4n) is 2.21. The number of aromatic nitrogens is 2. The third kappa shape index (κ3) is 2.03. The van der Waals surface area contributed by atoms with Crippen LogP contribution in [0.4, 0.5) is 13.2 Å². The molecule has 0 amide bonds. The maximum absolute atomic E-state index is 13.3. The summed E-state index contributed by atoms with van der Waals surface area (Å²) >= 11 is 0. The molecule has 0 unspecified atom stereocenters. The third-order valence-corrected chi connectivity index (χ3v) is 3.01. The minimum absolute atomic E-state index is 0.0490. The Morgan fingerprint density at radius 3 is 2.86 bits per heavy atom. The lowest BCUT2D eigenvalue weighted by atomic mass is 10.1. The fraction of sp³-hybridized carbons (Fsp3) is 0.231. The van der Waals surface area contributed by atoms with E-state index < -0.39 is 23.5 Å². The summed E-state index contributed by atoms with van der Waals surface area (Å²) in [7, 11) is 0. The molecule has 0 spiro atoms. The van der Waals surface area contributed by atoms with Gasteiger partial charge < -0.3 is 9.15 Å². The quantitative estimate of drug-likeness (QED) is 0.735. The molecule has 2 aromatic heterocycles. The van der Waals surface area contributed by atoms with Gasteiger partial charge in [0.15, 0.2) is 0 Å². The van der Waals surface area contributed by atoms with E-state index in [1.807, 2.05) is 0 Å². The minimum Gasteiger partial charge on any atom is -0.460 e. The van der Waals surface area contributed by atoms with Crippen LogP contribution in [0.15, 0.2) is 22.7 Å². The number of aromatic amines is 1. The number of furan rings is 1. The second-order valence-corrected chi connectivity index (χ2v) is 4.30. The number of H-pyrrole nitrogens is 1. The standard InChI is InChI=1S/C13H9F3N2O3/c1-2-20-12(19)11-9(13(14,15)16)8-7(21-11)4-3-6-5-17-18-10(6)8/h3-5H,2H2,1H3,(H,17,18). The molecule has 21 heavy (non-hydrogen) atoms. The summed E-state index contributed by atoms with van der Waals surface area (Å²) in [6, 6.07) is 2.92. The van der Waals surface area contributed by atoms with Crippen molar-refractivity contribution in [3.05, 3.63) is 29.7 Å². The van der Waals surface area contributed by atoms with E-state index in [1.165, 1.54) is 19.2 Å². The van der Waals surface area contributed by atoms with Crippen LogP contribution in [0.2, 0.25) is 0 Å². The largest absolute Gasteiger partial charge is 0.460 e. The van der Waals surface area contributed by atoms with Crippen molar-refractivity contribution < 1.29 is 27.1 Å². The molecule has 0 saturated carbocycles. The Hall–Kier alpha value is -2.51. The number of nitrogens with zero attached hydrogens (tertiary/aromatic N) is 1. The fourth-order valence-corrected chi connectivity index (χ4v) is 2.21. The number of halogens is 3. The molecule has 5 nitrogen and oxygen atoms in total. The van der Waals surface area contributed by atoms with E-state index >= 15 is 0 Å². The Kier molecular flexibility index (Phi) is 2.89. The smallest absolute Gasteiger partial charge is 0.421 e. The number of benzene rings is 1. The summed E-state index contributed by atoms with van der Waals surface area (Å²) in [6.07, 6.45) is -3.36. The van der Waals surface area contributed by atoms with Gasteiger partial charge in [-0.05, 0) is 19.1 Å². The highest BCUT2D eigenvalue weighted by molar-refractivity contribution is 6.08. The molecule has 0 bridgehead atoms. The summed E-state index contributed by atoms with van der Waals surface area (Å²) in [5.41, 5.74) is -1.04. The summed E-state index contributed by atoms with van der Waals surface area (Å²) in [5, 5.41) is 6.48. The van der Waals surface area contributed by atoms with Gasteiger partial charge in [-0.15, -0.1) is 0 Å². The van der Waals surface area contributed by atoms with Crippen molar-refractivity contribution in [2.24, 2.45) is 0 Å². The molecule has 0 atom stereocenters. The molecule has 1 N–H and O–H groups in total. The zero-order chi connectivity index (χ0) is 15.2. The van der Waals surface area contributed by atoms with Crippen LogP contribution in [0.25, 0.3) is 21.9 Å². The summed E-state index contributed by atoms with van der Waals surface area (Å²) in [4.78, 5) is 11.7. The van der Waals surface area contributed by atoms with Gasteiger partial charge in [0.25, 0.3) is 0 Å². The molecule has 0 fully saturated rings. The molecule has 0 saturated heterocycles. The van der Waals surface area contributed by atoms with E-state index in [1.54, 1.807) is 6.07 Å². The lowest BCUT2D eigenvalue weighted by Crippen LogP contribution is -2.13. The van der Waals surface area contributed by atoms with E-state index in [0.29, 0.717) is 5.39 Å². The molecule has 0 aliphatic carbocycles. The van der Waals surface area contributed by atoms with Crippen molar-refractivity contribution in [3.63, 3.8) is 0 Å². The van der Waals surface area contributed by atoms with Crippen LogP contribution < -0.4 is 0 Å². The van der Waals surface area contributed by atoms with Gasteiger partial charge in [-0.25, -0.2) is 4.79 Å². The molecule has 1 aromatic carbocycles. The lowest BCUT2D eigenvalue weighted by Gasteiger charge is -2.07. The van der Waals surface area contributed by atoms with Gasteiger partial charge in [-0.1, -0.05) is 0 Å². The van der Waals surface area contributed by atoms with Crippen LogP contribution in [0.5, 0.6) is 0 Å². The summed E-state index contributed by atoms with van der Waals surface area (Å²) < 4.78 is 49.7. The van der Waals surface area contributed by atoms with Crippen molar-refractivity contribution in [2.45, 2.75) is 13.1 Å². The predicted molar refractivity (Wildman–Crippen MR) is 66.8 cm³/mol. The van der Waals surface area contributed by atoms with Gasteiger partial charge in [-0.3, -0.25) is 5.10 Å². The molecule has 3 rings (SSSR count). The first-order chi connectivity index (χ1) is 9.93. The van der Waals surface area contributed by atoms with Crippen LogP contribution in [-0.4, -0.2) is 22.8 Å². The van der Waals surface area contributed by atoms with Crippen LogP contribution in [0.3, 0.4) is 0 Å². The maximum Gasteiger partial charge on any atom is 0.421 e. The van der Waals surface area contributed by atoms with Crippen LogP contribution in [-0.2, 0) is 10.9 Å². The van der Waals surface area contributed by atoms with Crippen LogP contribution in [0, 0.1) is 0 Å². The average Bonchev–Trinajstić information content (AvgIpc) is 3.01. The average molecular weight is 298 g/mol. The first-order valence-electron chi connectivity index (χ1n) is 6.06. The summed E-state index contributed by atoms with van der Waals surface area (Å²) in [6.45, 7) is 1.45. The number of fused-ring (bicyclic) bond motifs is 3. The van der Waals surface area contributed by atoms with E-state index in [-0.39, 0.29) is 23.1 Å². The molecule has 0 aliphatic heterocycles. The van der Waals surface area contributed by atoms with Crippen molar-refractivity contribution in [1.29, 1.82) is 0 Å². The highest BCUT2D eigenvalue weighted by Crippen LogP contribution is 2.42. The van der Waals surface area contributed by atoms with E-state index in [9.17, 15) is 18.0 Å². The van der Waals surface area contributed by atoms with Gasteiger partial charge in [0.1, 0.15) is 11.1 Å². The molecule has 8 heteroatoms. The normalized spacial score (nSPS) is 12.2. The number of alkyl halides is 3. The first kappa shape index (κ1) is 13.5. The van der Waals surface area contributed by atoms with Gasteiger partial charge in [0.05, 0.1) is 23.7 Å². The number of rotatable bonds is 2. The van der Waals surface area contributed by atoms with Gasteiger partial charge in [0.2, 0.25) is 5.76 Å². The number of carbonyl (C=O) groups excluding carboxylic acids is 1. The van der Waals surface area contributed by atoms with Crippen molar-refractivity contribution in [3.8, 4) is 0 Å². The van der Waals surface area contributed by atoms with Crippen LogP contribution >= 0.6 is 0 Å².